The maximum atomic E-state index is 13.3. The number of amides is 1. The van der Waals surface area contributed by atoms with Crippen LogP contribution in [-0.2, 0) is 16.0 Å². The van der Waals surface area contributed by atoms with Crippen molar-refractivity contribution >= 4 is 17.5 Å². The van der Waals surface area contributed by atoms with E-state index in [0.717, 1.165) is 11.1 Å². The summed E-state index contributed by atoms with van der Waals surface area (Å²) in [5.41, 5.74) is 6.74. The Balaban J connectivity index is 1.87. The van der Waals surface area contributed by atoms with Gasteiger partial charge in [0.1, 0.15) is 22.8 Å². The first kappa shape index (κ1) is 19.2. The molecule has 0 radical (unpaired) electrons. The van der Waals surface area contributed by atoms with Crippen LogP contribution in [0.5, 0.6) is 5.75 Å². The van der Waals surface area contributed by atoms with Gasteiger partial charge in [-0.3, -0.25) is 14.4 Å². The molecule has 1 aromatic rings. The van der Waals surface area contributed by atoms with Gasteiger partial charge in [-0.25, -0.2) is 0 Å². The zero-order valence-electron chi connectivity index (χ0n) is 16.2. The minimum absolute atomic E-state index is 0.0423. The number of aromatic hydroxyl groups is 1. The molecule has 0 aromatic heterocycles. The largest absolute Gasteiger partial charge is 0.511 e. The lowest BCUT2D eigenvalue weighted by Gasteiger charge is -2.41. The number of carbonyl (C=O) groups is 3. The lowest BCUT2D eigenvalue weighted by molar-refractivity contribution is -0.126. The second-order valence-corrected chi connectivity index (χ2v) is 8.44. The third-order valence-corrected chi connectivity index (χ3v) is 6.43. The molecule has 0 saturated heterocycles. The molecule has 7 nitrogen and oxygen atoms in total. The number of allylic oxidation sites excluding steroid dienone is 3. The number of rotatable bonds is 2. The van der Waals surface area contributed by atoms with Crippen LogP contribution >= 0.6 is 0 Å². The highest BCUT2D eigenvalue weighted by molar-refractivity contribution is 6.22. The minimum atomic E-state index is -1.08. The van der Waals surface area contributed by atoms with Gasteiger partial charge in [-0.15, -0.1) is 0 Å². The number of phenols is 1. The molecular weight excluding hydrogens is 374 g/mol. The van der Waals surface area contributed by atoms with Crippen molar-refractivity contribution in [1.82, 2.24) is 0 Å². The number of Topliss-reactive ketones (excluding diaryl/α,β-unsaturated/α-hetero) is 2. The summed E-state index contributed by atoms with van der Waals surface area (Å²) in [5.74, 6) is -4.86. The number of primary amides is 1. The minimum Gasteiger partial charge on any atom is -0.511 e. The van der Waals surface area contributed by atoms with Crippen LogP contribution < -0.4 is 5.73 Å². The fraction of sp³-hybridized carbons (Fsp3) is 0.409. The Morgan fingerprint density at radius 1 is 1.14 bits per heavy atom. The quantitative estimate of drug-likeness (QED) is 0.566. The second kappa shape index (κ2) is 6.47. The molecule has 152 valence electrons. The van der Waals surface area contributed by atoms with Gasteiger partial charge in [0.15, 0.2) is 11.6 Å². The van der Waals surface area contributed by atoms with Crippen molar-refractivity contribution in [3.63, 3.8) is 0 Å². The van der Waals surface area contributed by atoms with E-state index in [1.54, 1.807) is 0 Å². The fourth-order valence-electron chi connectivity index (χ4n) is 5.20. The van der Waals surface area contributed by atoms with Gasteiger partial charge in [-0.2, -0.15) is 0 Å². The van der Waals surface area contributed by atoms with E-state index in [4.69, 9.17) is 5.73 Å². The molecule has 3 aliphatic rings. The number of fused-ring (bicyclic) bond motifs is 3. The summed E-state index contributed by atoms with van der Waals surface area (Å²) < 4.78 is 0. The van der Waals surface area contributed by atoms with E-state index < -0.39 is 34.9 Å². The van der Waals surface area contributed by atoms with E-state index in [1.165, 1.54) is 6.07 Å². The number of carbonyl (C=O) groups excluding carboxylic acids is 3. The van der Waals surface area contributed by atoms with E-state index in [0.29, 0.717) is 12.8 Å². The van der Waals surface area contributed by atoms with E-state index >= 15 is 0 Å². The van der Waals surface area contributed by atoms with Gasteiger partial charge in [0.2, 0.25) is 0 Å². The van der Waals surface area contributed by atoms with Gasteiger partial charge >= 0.3 is 0 Å². The monoisotopic (exact) mass is 397 g/mol. The molecule has 29 heavy (non-hydrogen) atoms. The Morgan fingerprint density at radius 2 is 1.83 bits per heavy atom. The SMILES string of the molecule is CC(C)c1ccc(O)c2c1CC1C[C@H]3CC(O)=C(C(N)=O)C(=O)C3C(O)=C1C2=O. The molecule has 2 unspecified atom stereocenters. The summed E-state index contributed by atoms with van der Waals surface area (Å²) in [5, 5.41) is 31.4. The topological polar surface area (TPSA) is 138 Å². The molecule has 5 N–H and O–H groups in total. The maximum Gasteiger partial charge on any atom is 0.255 e. The van der Waals surface area contributed by atoms with Crippen LogP contribution in [-0.4, -0.2) is 32.8 Å². The van der Waals surface area contributed by atoms with Crippen molar-refractivity contribution in [2.24, 2.45) is 23.5 Å². The van der Waals surface area contributed by atoms with Crippen LogP contribution in [0.15, 0.2) is 34.8 Å². The summed E-state index contributed by atoms with van der Waals surface area (Å²) in [6, 6.07) is 3.29. The zero-order chi connectivity index (χ0) is 21.2. The molecule has 0 bridgehead atoms. The fourth-order valence-corrected chi connectivity index (χ4v) is 5.20. The van der Waals surface area contributed by atoms with Gasteiger partial charge in [0.05, 0.1) is 11.5 Å². The average molecular weight is 397 g/mol. The third kappa shape index (κ3) is 2.68. The Morgan fingerprint density at radius 3 is 2.45 bits per heavy atom. The molecule has 0 aliphatic heterocycles. The van der Waals surface area contributed by atoms with Gasteiger partial charge in [0.25, 0.3) is 5.91 Å². The van der Waals surface area contributed by atoms with Gasteiger partial charge in [0, 0.05) is 12.0 Å². The number of hydrogen-bond donors (Lipinski definition) is 4. The molecule has 0 saturated carbocycles. The molecule has 1 amide bonds. The molecule has 0 fully saturated rings. The molecule has 4 rings (SSSR count). The lowest BCUT2D eigenvalue weighted by Crippen LogP contribution is -2.43. The normalized spacial score (nSPS) is 26.4. The first-order chi connectivity index (χ1) is 13.6. The number of aliphatic hydroxyl groups is 2. The van der Waals surface area contributed by atoms with Crippen molar-refractivity contribution in [1.29, 1.82) is 0 Å². The number of nitrogens with two attached hydrogens (primary N) is 1. The van der Waals surface area contributed by atoms with Crippen LogP contribution in [0, 0.1) is 17.8 Å². The third-order valence-electron chi connectivity index (χ3n) is 6.43. The van der Waals surface area contributed by atoms with E-state index in [2.05, 4.69) is 0 Å². The predicted molar refractivity (Wildman–Crippen MR) is 103 cm³/mol. The van der Waals surface area contributed by atoms with Crippen LogP contribution in [0.1, 0.15) is 54.1 Å². The predicted octanol–water partition coefficient (Wildman–Crippen LogP) is 2.59. The van der Waals surface area contributed by atoms with Crippen molar-refractivity contribution in [2.45, 2.75) is 39.0 Å². The Kier molecular flexibility index (Phi) is 4.29. The Hall–Kier alpha value is -3.09. The summed E-state index contributed by atoms with van der Waals surface area (Å²) >= 11 is 0. The number of benzene rings is 1. The van der Waals surface area contributed by atoms with E-state index in [1.807, 2.05) is 19.9 Å². The van der Waals surface area contributed by atoms with Gasteiger partial charge in [-0.05, 0) is 47.8 Å². The summed E-state index contributed by atoms with van der Waals surface area (Å²) in [6.45, 7) is 4.01. The lowest BCUT2D eigenvalue weighted by atomic mass is 9.62. The van der Waals surface area contributed by atoms with Gasteiger partial charge < -0.3 is 21.1 Å². The highest BCUT2D eigenvalue weighted by Crippen LogP contribution is 2.50. The highest BCUT2D eigenvalue weighted by atomic mass is 16.3. The average Bonchev–Trinajstić information content (AvgIpc) is 2.60. The highest BCUT2D eigenvalue weighted by Gasteiger charge is 2.50. The summed E-state index contributed by atoms with van der Waals surface area (Å²) in [4.78, 5) is 37.7. The summed E-state index contributed by atoms with van der Waals surface area (Å²) in [6.07, 6.45) is 0.901. The Bertz CT molecular complexity index is 1030. The summed E-state index contributed by atoms with van der Waals surface area (Å²) in [7, 11) is 0. The van der Waals surface area contributed by atoms with Crippen LogP contribution in [0.3, 0.4) is 0 Å². The van der Waals surface area contributed by atoms with Crippen molar-refractivity contribution in [3.8, 4) is 5.75 Å². The van der Waals surface area contributed by atoms with E-state index in [9.17, 15) is 29.7 Å². The number of phenolic OH excluding ortho intramolecular Hbond substituents is 1. The van der Waals surface area contributed by atoms with Crippen molar-refractivity contribution in [3.05, 3.63) is 51.5 Å². The van der Waals surface area contributed by atoms with Crippen molar-refractivity contribution in [2.75, 3.05) is 0 Å². The van der Waals surface area contributed by atoms with Crippen LogP contribution in [0.4, 0.5) is 0 Å². The molecule has 0 spiro atoms. The zero-order valence-corrected chi connectivity index (χ0v) is 16.2. The molecule has 1 aromatic carbocycles. The first-order valence-electron chi connectivity index (χ1n) is 9.72. The maximum absolute atomic E-state index is 13.3. The number of ketones is 2. The second-order valence-electron chi connectivity index (χ2n) is 8.44. The number of hydrogen-bond acceptors (Lipinski definition) is 6. The van der Waals surface area contributed by atoms with E-state index in [-0.39, 0.29) is 46.7 Å². The molecular formula is C22H23NO6. The number of aliphatic hydroxyl groups excluding tert-OH is 2. The standard InChI is InChI=1S/C22H23NO6/c1-8(2)11-3-4-13(24)17-12(11)6-9-5-10-7-14(25)18(22(23)29)21(28)16(10)19(26)15(9)20(17)27/h3-4,8-10,16,24-26H,5-7H2,1-2H3,(H2,23,29)/t9?,10-,16?/m0/s1. The first-order valence-corrected chi connectivity index (χ1v) is 9.72. The van der Waals surface area contributed by atoms with Crippen LogP contribution in [0.25, 0.3) is 0 Å². The Labute approximate surface area is 167 Å². The molecule has 3 aliphatic carbocycles. The van der Waals surface area contributed by atoms with Crippen LogP contribution in [0.2, 0.25) is 0 Å². The van der Waals surface area contributed by atoms with Crippen molar-refractivity contribution < 1.29 is 29.7 Å². The van der Waals surface area contributed by atoms with Gasteiger partial charge in [-0.1, -0.05) is 19.9 Å². The molecule has 7 heteroatoms. The smallest absolute Gasteiger partial charge is 0.255 e. The molecule has 0 heterocycles. The molecule has 3 atom stereocenters.